The number of hydrogen-bond donors (Lipinski definition) is 1. The van der Waals surface area contributed by atoms with Crippen LogP contribution in [0.4, 0.5) is 13.2 Å². The molecule has 1 unspecified atom stereocenters. The van der Waals surface area contributed by atoms with Gasteiger partial charge in [0.2, 0.25) is 14.2 Å². The standard InChI is InChI=1S/C19H16F3NO4S2/c20-19(21,22)27-14-7-9-15(10-8-14)29(25,26)18-23-12-17(28-18)16(24)11-6-13-4-2-1-3-5-13/h1-5,7-10,12,16,24H,6,11H2. The Hall–Kier alpha value is -2.43. The molecule has 0 radical (unpaired) electrons. The number of halogens is 3. The molecular weight excluding hydrogens is 427 g/mol. The number of nitrogens with zero attached hydrogens (tertiary/aromatic N) is 1. The van der Waals surface area contributed by atoms with Gasteiger partial charge in [0.25, 0.3) is 0 Å². The summed E-state index contributed by atoms with van der Waals surface area (Å²) in [6.45, 7) is 0. The van der Waals surface area contributed by atoms with Crippen LogP contribution in [-0.2, 0) is 16.3 Å². The van der Waals surface area contributed by atoms with Crippen LogP contribution in [0.5, 0.6) is 5.75 Å². The smallest absolute Gasteiger partial charge is 0.406 e. The molecule has 10 heteroatoms. The zero-order valence-electron chi connectivity index (χ0n) is 14.8. The minimum Gasteiger partial charge on any atom is -0.406 e. The predicted octanol–water partition coefficient (Wildman–Crippen LogP) is 4.54. The lowest BCUT2D eigenvalue weighted by Gasteiger charge is -2.09. The Morgan fingerprint density at radius 1 is 1.07 bits per heavy atom. The number of aliphatic hydroxyl groups excluding tert-OH is 1. The summed E-state index contributed by atoms with van der Waals surface area (Å²) < 4.78 is 65.4. The van der Waals surface area contributed by atoms with Gasteiger partial charge in [-0.05, 0) is 42.7 Å². The van der Waals surface area contributed by atoms with Gasteiger partial charge in [0.15, 0.2) is 0 Å². The van der Waals surface area contributed by atoms with Crippen molar-refractivity contribution in [3.8, 4) is 5.75 Å². The molecule has 0 aliphatic rings. The van der Waals surface area contributed by atoms with Crippen molar-refractivity contribution in [2.24, 2.45) is 0 Å². The van der Waals surface area contributed by atoms with Gasteiger partial charge in [0.05, 0.1) is 15.9 Å². The number of rotatable bonds is 7. The summed E-state index contributed by atoms with van der Waals surface area (Å²) in [5.41, 5.74) is 1.05. The minimum atomic E-state index is -4.86. The Kier molecular flexibility index (Phi) is 6.25. The van der Waals surface area contributed by atoms with E-state index in [1.165, 1.54) is 6.20 Å². The molecule has 0 saturated heterocycles. The fourth-order valence-electron chi connectivity index (χ4n) is 2.56. The van der Waals surface area contributed by atoms with Crippen molar-refractivity contribution < 1.29 is 31.4 Å². The van der Waals surface area contributed by atoms with E-state index in [4.69, 9.17) is 0 Å². The maximum absolute atomic E-state index is 12.6. The van der Waals surface area contributed by atoms with Crippen molar-refractivity contribution in [3.63, 3.8) is 0 Å². The highest BCUT2D eigenvalue weighted by atomic mass is 32.2. The molecule has 1 aromatic heterocycles. The quantitative estimate of drug-likeness (QED) is 0.580. The first-order valence-corrected chi connectivity index (χ1v) is 10.7. The van der Waals surface area contributed by atoms with Crippen molar-refractivity contribution in [2.75, 3.05) is 0 Å². The Bertz CT molecular complexity index is 1050. The molecule has 0 bridgehead atoms. The second-order valence-corrected chi connectivity index (χ2v) is 9.28. The summed E-state index contributed by atoms with van der Waals surface area (Å²) in [4.78, 5) is 4.07. The van der Waals surface area contributed by atoms with Gasteiger partial charge in [-0.2, -0.15) is 0 Å². The zero-order chi connectivity index (χ0) is 21.1. The van der Waals surface area contributed by atoms with Gasteiger partial charge in [-0.3, -0.25) is 0 Å². The van der Waals surface area contributed by atoms with Gasteiger partial charge >= 0.3 is 6.36 Å². The van der Waals surface area contributed by atoms with Crippen molar-refractivity contribution in [1.82, 2.24) is 4.98 Å². The molecule has 3 aromatic rings. The topological polar surface area (TPSA) is 76.5 Å². The maximum atomic E-state index is 12.6. The first-order chi connectivity index (χ1) is 13.6. The lowest BCUT2D eigenvalue weighted by molar-refractivity contribution is -0.274. The number of sulfone groups is 1. The fraction of sp³-hybridized carbons (Fsp3) is 0.211. The van der Waals surface area contributed by atoms with E-state index in [2.05, 4.69) is 9.72 Å². The van der Waals surface area contributed by atoms with Crippen LogP contribution < -0.4 is 4.74 Å². The van der Waals surface area contributed by atoms with E-state index in [0.29, 0.717) is 17.7 Å². The van der Waals surface area contributed by atoms with Crippen molar-refractivity contribution in [2.45, 2.75) is 34.5 Å². The number of benzene rings is 2. The van der Waals surface area contributed by atoms with Crippen LogP contribution in [0.1, 0.15) is 23.0 Å². The average molecular weight is 443 g/mol. The van der Waals surface area contributed by atoms with Crippen LogP contribution in [0.2, 0.25) is 0 Å². The summed E-state index contributed by atoms with van der Waals surface area (Å²) in [5.74, 6) is -0.521. The monoisotopic (exact) mass is 443 g/mol. The molecule has 1 N–H and O–H groups in total. The minimum absolute atomic E-state index is 0.216. The van der Waals surface area contributed by atoms with Gasteiger partial charge < -0.3 is 9.84 Å². The van der Waals surface area contributed by atoms with Gasteiger partial charge in [0.1, 0.15) is 5.75 Å². The van der Waals surface area contributed by atoms with E-state index >= 15 is 0 Å². The number of aryl methyl sites for hydroxylation is 1. The van der Waals surface area contributed by atoms with Crippen molar-refractivity contribution in [1.29, 1.82) is 0 Å². The normalized spacial score (nSPS) is 13.2. The van der Waals surface area contributed by atoms with Gasteiger partial charge in [-0.25, -0.2) is 13.4 Å². The molecule has 0 aliphatic carbocycles. The molecule has 3 rings (SSSR count). The Labute approximate surface area is 169 Å². The lowest BCUT2D eigenvalue weighted by atomic mass is 10.1. The molecule has 1 atom stereocenters. The van der Waals surface area contributed by atoms with Gasteiger partial charge in [-0.15, -0.1) is 24.5 Å². The third-order valence-corrected chi connectivity index (χ3v) is 7.24. The van der Waals surface area contributed by atoms with E-state index in [0.717, 1.165) is 41.2 Å². The number of aliphatic hydroxyl groups is 1. The first-order valence-electron chi connectivity index (χ1n) is 8.44. The first kappa shape index (κ1) is 21.3. The Morgan fingerprint density at radius 2 is 1.72 bits per heavy atom. The third kappa shape index (κ3) is 5.55. The summed E-state index contributed by atoms with van der Waals surface area (Å²) in [5, 5.41) is 10.3. The number of ether oxygens (including phenoxy) is 1. The van der Waals surface area contributed by atoms with Crippen molar-refractivity contribution >= 4 is 21.2 Å². The molecule has 0 spiro atoms. The highest BCUT2D eigenvalue weighted by Gasteiger charge is 2.31. The van der Waals surface area contributed by atoms with Crippen molar-refractivity contribution in [3.05, 3.63) is 71.2 Å². The van der Waals surface area contributed by atoms with E-state index < -0.39 is 28.1 Å². The largest absolute Gasteiger partial charge is 0.573 e. The van der Waals surface area contributed by atoms with Crippen LogP contribution in [0, 0.1) is 0 Å². The van der Waals surface area contributed by atoms with E-state index in [-0.39, 0.29) is 9.24 Å². The zero-order valence-corrected chi connectivity index (χ0v) is 16.5. The molecule has 0 aliphatic heterocycles. The molecule has 0 amide bonds. The second-order valence-electron chi connectivity index (χ2n) is 6.09. The number of aromatic nitrogens is 1. The summed E-state index contributed by atoms with van der Waals surface area (Å²) >= 11 is 0.832. The molecule has 5 nitrogen and oxygen atoms in total. The molecule has 154 valence electrons. The Balaban J connectivity index is 1.71. The maximum Gasteiger partial charge on any atom is 0.573 e. The average Bonchev–Trinajstić information content (AvgIpc) is 3.17. The van der Waals surface area contributed by atoms with Crippen LogP contribution in [0.25, 0.3) is 0 Å². The molecule has 2 aromatic carbocycles. The molecule has 1 heterocycles. The summed E-state index contributed by atoms with van der Waals surface area (Å²) in [7, 11) is -4.02. The van der Waals surface area contributed by atoms with Crippen LogP contribution in [0.3, 0.4) is 0 Å². The molecular formula is C19H16F3NO4S2. The van der Waals surface area contributed by atoms with Crippen LogP contribution in [0.15, 0.2) is 70.0 Å². The lowest BCUT2D eigenvalue weighted by Crippen LogP contribution is -2.17. The summed E-state index contributed by atoms with van der Waals surface area (Å²) in [6, 6.07) is 13.4. The predicted molar refractivity (Wildman–Crippen MR) is 100 cm³/mol. The highest BCUT2D eigenvalue weighted by Crippen LogP contribution is 2.31. The second kappa shape index (κ2) is 8.52. The third-order valence-electron chi connectivity index (χ3n) is 3.98. The number of thiazole rings is 1. The van der Waals surface area contributed by atoms with E-state index in [1.54, 1.807) is 0 Å². The molecule has 29 heavy (non-hydrogen) atoms. The number of hydrogen-bond acceptors (Lipinski definition) is 6. The molecule has 0 saturated carbocycles. The van der Waals surface area contributed by atoms with E-state index in [9.17, 15) is 26.7 Å². The van der Waals surface area contributed by atoms with Crippen LogP contribution in [-0.4, -0.2) is 24.9 Å². The highest BCUT2D eigenvalue weighted by molar-refractivity contribution is 7.93. The summed E-state index contributed by atoms with van der Waals surface area (Å²) in [6.07, 6.45) is -3.42. The van der Waals surface area contributed by atoms with Gasteiger partial charge in [0, 0.05) is 6.20 Å². The van der Waals surface area contributed by atoms with E-state index in [1.807, 2.05) is 30.3 Å². The fourth-order valence-corrected chi connectivity index (χ4v) is 5.13. The van der Waals surface area contributed by atoms with Crippen LogP contribution >= 0.6 is 11.3 Å². The Morgan fingerprint density at radius 3 is 2.34 bits per heavy atom. The number of alkyl halides is 3. The SMILES string of the molecule is O=S(=O)(c1ccc(OC(F)(F)F)cc1)c1ncc(C(O)CCc2ccccc2)s1. The molecule has 0 fully saturated rings. The van der Waals surface area contributed by atoms with Gasteiger partial charge in [-0.1, -0.05) is 30.3 Å².